The monoisotopic (exact) mass is 394 g/mol. The summed E-state index contributed by atoms with van der Waals surface area (Å²) in [5.41, 5.74) is 2.76. The van der Waals surface area contributed by atoms with Gasteiger partial charge in [0, 0.05) is 44.9 Å². The zero-order chi connectivity index (χ0) is 20.1. The van der Waals surface area contributed by atoms with Crippen LogP contribution in [0, 0.1) is 0 Å². The fourth-order valence-corrected chi connectivity index (χ4v) is 4.97. The number of piperazine rings is 1. The van der Waals surface area contributed by atoms with Gasteiger partial charge in [0.15, 0.2) is 0 Å². The van der Waals surface area contributed by atoms with Crippen LogP contribution in [0.3, 0.4) is 0 Å². The summed E-state index contributed by atoms with van der Waals surface area (Å²) in [6.45, 7) is 7.14. The van der Waals surface area contributed by atoms with Crippen molar-refractivity contribution in [3.63, 3.8) is 0 Å². The van der Waals surface area contributed by atoms with Crippen LogP contribution in [0.4, 0.5) is 0 Å². The number of fused-ring (bicyclic) bond motifs is 5. The van der Waals surface area contributed by atoms with Crippen LogP contribution in [0.5, 0.6) is 5.75 Å². The third-order valence-electron chi connectivity index (χ3n) is 6.46. The van der Waals surface area contributed by atoms with Crippen LogP contribution < -0.4 is 4.74 Å². The van der Waals surface area contributed by atoms with Crippen LogP contribution in [-0.4, -0.2) is 54.8 Å². The predicted octanol–water partition coefficient (Wildman–Crippen LogP) is 4.34. The second-order valence-corrected chi connectivity index (χ2v) is 8.34. The van der Waals surface area contributed by atoms with E-state index in [1.165, 1.54) is 30.4 Å². The van der Waals surface area contributed by atoms with Crippen molar-refractivity contribution in [2.45, 2.75) is 57.5 Å². The molecule has 0 aliphatic carbocycles. The van der Waals surface area contributed by atoms with Gasteiger partial charge in [-0.25, -0.2) is 0 Å². The summed E-state index contributed by atoms with van der Waals surface area (Å²) >= 11 is 0. The van der Waals surface area contributed by atoms with E-state index in [0.717, 1.165) is 38.5 Å². The molecule has 4 nitrogen and oxygen atoms in total. The summed E-state index contributed by atoms with van der Waals surface area (Å²) < 4.78 is 11.6. The van der Waals surface area contributed by atoms with Gasteiger partial charge < -0.3 is 9.47 Å². The van der Waals surface area contributed by atoms with E-state index in [1.807, 2.05) is 0 Å². The lowest BCUT2D eigenvalue weighted by Gasteiger charge is -2.51. The number of methoxy groups -OCH3 is 1. The van der Waals surface area contributed by atoms with Crippen molar-refractivity contribution < 1.29 is 9.47 Å². The first-order valence-electron chi connectivity index (χ1n) is 11.0. The average molecular weight is 395 g/mol. The van der Waals surface area contributed by atoms with Crippen LogP contribution in [0.2, 0.25) is 0 Å². The summed E-state index contributed by atoms with van der Waals surface area (Å²) in [5, 5.41) is 0. The Kier molecular flexibility index (Phi) is 6.86. The Morgan fingerprint density at radius 2 is 1.59 bits per heavy atom. The van der Waals surface area contributed by atoms with Gasteiger partial charge in [0.25, 0.3) is 0 Å². The van der Waals surface area contributed by atoms with Crippen molar-refractivity contribution in [3.05, 3.63) is 65.7 Å². The fourth-order valence-electron chi connectivity index (χ4n) is 4.97. The van der Waals surface area contributed by atoms with Gasteiger partial charge in [0.1, 0.15) is 5.75 Å². The van der Waals surface area contributed by atoms with Crippen LogP contribution in [0.1, 0.15) is 37.3 Å². The molecule has 0 saturated carbocycles. The second kappa shape index (κ2) is 9.75. The molecule has 3 atom stereocenters. The Hall–Kier alpha value is -1.88. The molecule has 0 aromatic heterocycles. The van der Waals surface area contributed by atoms with E-state index in [1.54, 1.807) is 7.11 Å². The minimum absolute atomic E-state index is 0.317. The number of rotatable bonds is 7. The fraction of sp³-hybridized carbons (Fsp3) is 0.520. The molecule has 0 spiro atoms. The maximum atomic E-state index is 6.26. The molecule has 2 aromatic rings. The van der Waals surface area contributed by atoms with Gasteiger partial charge in [-0.1, -0.05) is 42.5 Å². The van der Waals surface area contributed by atoms with Gasteiger partial charge in [-0.05, 0) is 49.4 Å². The third-order valence-corrected chi connectivity index (χ3v) is 6.46. The molecule has 2 bridgehead atoms. The maximum Gasteiger partial charge on any atom is 0.118 e. The van der Waals surface area contributed by atoms with E-state index in [0.29, 0.717) is 18.2 Å². The van der Waals surface area contributed by atoms with Crippen molar-refractivity contribution in [1.29, 1.82) is 0 Å². The molecular formula is C25H34N2O2. The van der Waals surface area contributed by atoms with E-state index in [2.05, 4.69) is 71.3 Å². The van der Waals surface area contributed by atoms with Crippen molar-refractivity contribution in [1.82, 2.24) is 9.80 Å². The first-order chi connectivity index (χ1) is 14.3. The zero-order valence-corrected chi connectivity index (χ0v) is 17.8. The van der Waals surface area contributed by atoms with Crippen molar-refractivity contribution in [2.75, 3.05) is 26.8 Å². The molecule has 156 valence electrons. The maximum absolute atomic E-state index is 6.26. The van der Waals surface area contributed by atoms with Gasteiger partial charge in [-0.2, -0.15) is 0 Å². The highest BCUT2D eigenvalue weighted by Gasteiger charge is 2.40. The third kappa shape index (κ3) is 5.00. The summed E-state index contributed by atoms with van der Waals surface area (Å²) in [6, 6.07) is 20.5. The average Bonchev–Trinajstić information content (AvgIpc) is 2.74. The van der Waals surface area contributed by atoms with Gasteiger partial charge in [-0.3, -0.25) is 9.80 Å². The normalized spacial score (nSPS) is 25.5. The van der Waals surface area contributed by atoms with E-state index in [4.69, 9.17) is 9.47 Å². The molecule has 0 radical (unpaired) electrons. The topological polar surface area (TPSA) is 24.9 Å². The summed E-state index contributed by atoms with van der Waals surface area (Å²) in [6.07, 6.45) is 4.00. The Balaban J connectivity index is 1.53. The quantitative estimate of drug-likeness (QED) is 0.697. The molecule has 3 aliphatic heterocycles. The lowest BCUT2D eigenvalue weighted by molar-refractivity contribution is -0.0834. The largest absolute Gasteiger partial charge is 0.497 e. The van der Waals surface area contributed by atoms with Crippen LogP contribution >= 0.6 is 0 Å². The summed E-state index contributed by atoms with van der Waals surface area (Å²) in [5.74, 6) is 0.921. The molecular weight excluding hydrogens is 360 g/mol. The number of hydrogen-bond donors (Lipinski definition) is 0. The van der Waals surface area contributed by atoms with Crippen molar-refractivity contribution in [3.8, 4) is 5.75 Å². The zero-order valence-electron chi connectivity index (χ0n) is 17.8. The standard InChI is InChI=1S/C25H34N2O2/c1-3-29-25-11-7-10-22-18-27(17-21-12-14-23(28-2)15-13-21)24(25)19-26(22)16-20-8-5-4-6-9-20/h4-6,8-9,12-15,22,24-25H,3,7,10-11,16-19H2,1-2H3/t22-,24+,25+/m0/s1. The molecule has 2 aromatic carbocycles. The van der Waals surface area contributed by atoms with Gasteiger partial charge >= 0.3 is 0 Å². The Labute approximate surface area is 175 Å². The number of ether oxygens (including phenoxy) is 2. The van der Waals surface area contributed by atoms with E-state index in [9.17, 15) is 0 Å². The molecule has 3 fully saturated rings. The second-order valence-electron chi connectivity index (χ2n) is 8.34. The number of hydrogen-bond acceptors (Lipinski definition) is 4. The molecule has 4 heteroatoms. The molecule has 0 amide bonds. The van der Waals surface area contributed by atoms with E-state index < -0.39 is 0 Å². The highest BCUT2D eigenvalue weighted by molar-refractivity contribution is 5.27. The van der Waals surface area contributed by atoms with E-state index >= 15 is 0 Å². The summed E-state index contributed by atoms with van der Waals surface area (Å²) in [4.78, 5) is 5.38. The molecule has 0 N–H and O–H groups in total. The lowest BCUT2D eigenvalue weighted by Crippen LogP contribution is -2.62. The predicted molar refractivity (Wildman–Crippen MR) is 117 cm³/mol. The molecule has 0 unspecified atom stereocenters. The van der Waals surface area contributed by atoms with E-state index in [-0.39, 0.29) is 0 Å². The Morgan fingerprint density at radius 3 is 2.31 bits per heavy atom. The number of nitrogens with zero attached hydrogens (tertiary/aromatic N) is 2. The van der Waals surface area contributed by atoms with Crippen LogP contribution in [-0.2, 0) is 17.8 Å². The summed E-state index contributed by atoms with van der Waals surface area (Å²) in [7, 11) is 1.72. The van der Waals surface area contributed by atoms with Crippen molar-refractivity contribution >= 4 is 0 Å². The SMILES string of the molecule is CCO[C@@H]1CCC[C@H]2CN(Cc3ccc(OC)cc3)[C@@H]1CN2Cc1ccccc1. The molecule has 29 heavy (non-hydrogen) atoms. The minimum atomic E-state index is 0.317. The van der Waals surface area contributed by atoms with Gasteiger partial charge in [0.2, 0.25) is 0 Å². The van der Waals surface area contributed by atoms with Crippen LogP contribution in [0.15, 0.2) is 54.6 Å². The molecule has 3 heterocycles. The first-order valence-corrected chi connectivity index (χ1v) is 11.0. The lowest BCUT2D eigenvalue weighted by atomic mass is 9.90. The minimum Gasteiger partial charge on any atom is -0.497 e. The molecule has 5 rings (SSSR count). The van der Waals surface area contributed by atoms with Gasteiger partial charge in [-0.15, -0.1) is 0 Å². The van der Waals surface area contributed by atoms with Crippen LogP contribution in [0.25, 0.3) is 0 Å². The van der Waals surface area contributed by atoms with Crippen molar-refractivity contribution in [2.24, 2.45) is 0 Å². The Morgan fingerprint density at radius 1 is 0.862 bits per heavy atom. The molecule has 3 saturated heterocycles. The number of benzene rings is 2. The highest BCUT2D eigenvalue weighted by Crippen LogP contribution is 2.31. The Bertz CT molecular complexity index is 749. The first kappa shape index (κ1) is 20.4. The molecule has 3 aliphatic rings. The smallest absolute Gasteiger partial charge is 0.118 e. The highest BCUT2D eigenvalue weighted by atomic mass is 16.5. The van der Waals surface area contributed by atoms with Gasteiger partial charge in [0.05, 0.1) is 13.2 Å².